The number of carboxylic acids is 1. The summed E-state index contributed by atoms with van der Waals surface area (Å²) in [6, 6.07) is 0.566. The lowest BCUT2D eigenvalue weighted by Crippen LogP contribution is -2.56. The van der Waals surface area contributed by atoms with Gasteiger partial charge in [-0.15, -0.1) is 0 Å². The third kappa shape index (κ3) is 4.56. The number of ketones is 1. The Bertz CT molecular complexity index is 660. The summed E-state index contributed by atoms with van der Waals surface area (Å²) >= 11 is 0. The Balaban J connectivity index is 3.66. The van der Waals surface area contributed by atoms with Crippen LogP contribution in [-0.4, -0.2) is 34.8 Å². The fraction of sp³-hybridized carbons (Fsp3) is 0.438. The number of alkyl halides is 3. The molecule has 0 aromatic heterocycles. The molecule has 0 spiro atoms. The van der Waals surface area contributed by atoms with Crippen molar-refractivity contribution < 1.29 is 32.7 Å². The molecule has 0 saturated carbocycles. The number of carbonyl (C=O) groups is 3. The van der Waals surface area contributed by atoms with Crippen LogP contribution in [0.3, 0.4) is 0 Å². The van der Waals surface area contributed by atoms with E-state index in [1.165, 1.54) is 6.07 Å². The number of aliphatic carboxylic acids is 1. The summed E-state index contributed by atoms with van der Waals surface area (Å²) in [6.45, 7) is 4.00. The molecular weight excluding hydrogens is 341 g/mol. The van der Waals surface area contributed by atoms with Crippen LogP contribution in [0.4, 0.5) is 18.9 Å². The molecule has 1 aromatic rings. The summed E-state index contributed by atoms with van der Waals surface area (Å²) in [5.41, 5.74) is 3.77. The van der Waals surface area contributed by atoms with Crippen LogP contribution in [0, 0.1) is 5.92 Å². The summed E-state index contributed by atoms with van der Waals surface area (Å²) < 4.78 is 39.9. The van der Waals surface area contributed by atoms with Gasteiger partial charge in [-0.1, -0.05) is 26.0 Å². The number of carboxylic acid groups (broad SMARTS) is 1. The SMILES string of the molecule is CC(=O)C(C(=O)O)N(C(=O)C(N)C(C)C)c1ccccc1C(F)(F)F. The number of anilines is 1. The molecule has 0 radical (unpaired) electrons. The van der Waals surface area contributed by atoms with Gasteiger partial charge in [0.25, 0.3) is 0 Å². The molecule has 0 fully saturated rings. The van der Waals surface area contributed by atoms with Gasteiger partial charge in [0.05, 0.1) is 17.3 Å². The smallest absolute Gasteiger partial charge is 0.418 e. The van der Waals surface area contributed by atoms with E-state index in [1.54, 1.807) is 13.8 Å². The lowest BCUT2D eigenvalue weighted by atomic mass is 10.00. The fourth-order valence-electron chi connectivity index (χ4n) is 2.22. The highest BCUT2D eigenvalue weighted by Gasteiger charge is 2.42. The highest BCUT2D eigenvalue weighted by molar-refractivity contribution is 6.13. The van der Waals surface area contributed by atoms with Gasteiger partial charge in [-0.2, -0.15) is 13.2 Å². The number of benzene rings is 1. The Hall–Kier alpha value is -2.42. The van der Waals surface area contributed by atoms with Crippen molar-refractivity contribution in [1.82, 2.24) is 0 Å². The fourth-order valence-corrected chi connectivity index (χ4v) is 2.22. The molecule has 25 heavy (non-hydrogen) atoms. The second kappa shape index (κ2) is 7.64. The maximum absolute atomic E-state index is 13.3. The topological polar surface area (TPSA) is 101 Å². The van der Waals surface area contributed by atoms with Gasteiger partial charge in [0.2, 0.25) is 5.91 Å². The largest absolute Gasteiger partial charge is 0.479 e. The van der Waals surface area contributed by atoms with Crippen LogP contribution in [0.25, 0.3) is 0 Å². The minimum absolute atomic E-state index is 0.332. The van der Waals surface area contributed by atoms with E-state index in [9.17, 15) is 32.7 Å². The molecule has 138 valence electrons. The van der Waals surface area contributed by atoms with Crippen molar-refractivity contribution in [2.24, 2.45) is 11.7 Å². The number of carbonyl (C=O) groups excluding carboxylic acids is 2. The minimum Gasteiger partial charge on any atom is -0.479 e. The quantitative estimate of drug-likeness (QED) is 0.757. The van der Waals surface area contributed by atoms with E-state index in [0.717, 1.165) is 19.1 Å². The zero-order valence-electron chi connectivity index (χ0n) is 13.9. The van der Waals surface area contributed by atoms with Crippen molar-refractivity contribution in [2.45, 2.75) is 39.0 Å². The lowest BCUT2D eigenvalue weighted by molar-refractivity contribution is -0.145. The third-order valence-corrected chi connectivity index (χ3v) is 3.59. The second-order valence-corrected chi connectivity index (χ2v) is 5.84. The molecule has 6 nitrogen and oxygen atoms in total. The maximum Gasteiger partial charge on any atom is 0.418 e. The van der Waals surface area contributed by atoms with Crippen molar-refractivity contribution in [3.05, 3.63) is 29.8 Å². The van der Waals surface area contributed by atoms with Gasteiger partial charge < -0.3 is 10.8 Å². The molecule has 0 bridgehead atoms. The van der Waals surface area contributed by atoms with Crippen molar-refractivity contribution in [3.63, 3.8) is 0 Å². The number of rotatable bonds is 6. The van der Waals surface area contributed by atoms with Gasteiger partial charge >= 0.3 is 12.1 Å². The van der Waals surface area contributed by atoms with E-state index in [-0.39, 0.29) is 0 Å². The van der Waals surface area contributed by atoms with E-state index >= 15 is 0 Å². The van der Waals surface area contributed by atoms with Crippen LogP contribution in [0.5, 0.6) is 0 Å². The molecular formula is C16H19F3N2O4. The first-order valence-electron chi connectivity index (χ1n) is 7.37. The van der Waals surface area contributed by atoms with Gasteiger partial charge in [-0.3, -0.25) is 14.5 Å². The molecule has 0 heterocycles. The molecule has 2 unspecified atom stereocenters. The first kappa shape index (κ1) is 20.6. The Morgan fingerprint density at radius 1 is 1.16 bits per heavy atom. The van der Waals surface area contributed by atoms with E-state index in [2.05, 4.69) is 0 Å². The Labute approximate surface area is 142 Å². The van der Waals surface area contributed by atoms with E-state index in [0.29, 0.717) is 11.0 Å². The first-order valence-corrected chi connectivity index (χ1v) is 7.37. The van der Waals surface area contributed by atoms with E-state index in [1.807, 2.05) is 0 Å². The molecule has 2 atom stereocenters. The summed E-state index contributed by atoms with van der Waals surface area (Å²) in [4.78, 5) is 36.2. The Morgan fingerprint density at radius 2 is 1.68 bits per heavy atom. The van der Waals surface area contributed by atoms with Crippen molar-refractivity contribution in [2.75, 3.05) is 4.90 Å². The van der Waals surface area contributed by atoms with Crippen LogP contribution in [0.1, 0.15) is 26.3 Å². The van der Waals surface area contributed by atoms with Crippen LogP contribution in [0.2, 0.25) is 0 Å². The molecule has 0 aliphatic carbocycles. The predicted molar refractivity (Wildman–Crippen MR) is 83.8 cm³/mol. The summed E-state index contributed by atoms with van der Waals surface area (Å²) in [5, 5.41) is 9.30. The van der Waals surface area contributed by atoms with Gasteiger partial charge in [-0.25, -0.2) is 4.79 Å². The molecule has 1 amide bonds. The standard InChI is InChI=1S/C16H19F3N2O4/c1-8(2)12(20)14(23)21(13(9(3)22)15(24)25)11-7-5-4-6-10(11)16(17,18)19/h4-8,12-13H,20H2,1-3H3,(H,24,25). The number of halogens is 3. The molecule has 0 aliphatic heterocycles. The number of hydrogen-bond donors (Lipinski definition) is 2. The van der Waals surface area contributed by atoms with Crippen LogP contribution in [-0.2, 0) is 20.6 Å². The number of para-hydroxylation sites is 1. The van der Waals surface area contributed by atoms with Crippen molar-refractivity contribution in [3.8, 4) is 0 Å². The highest BCUT2D eigenvalue weighted by atomic mass is 19.4. The first-order chi connectivity index (χ1) is 11.4. The second-order valence-electron chi connectivity index (χ2n) is 5.84. The van der Waals surface area contributed by atoms with Crippen molar-refractivity contribution in [1.29, 1.82) is 0 Å². The number of hydrogen-bond acceptors (Lipinski definition) is 4. The zero-order valence-corrected chi connectivity index (χ0v) is 13.9. The molecule has 1 aromatic carbocycles. The van der Waals surface area contributed by atoms with Crippen LogP contribution < -0.4 is 10.6 Å². The predicted octanol–water partition coefficient (Wildman–Crippen LogP) is 2.06. The van der Waals surface area contributed by atoms with Gasteiger partial charge in [0, 0.05) is 0 Å². The van der Waals surface area contributed by atoms with Crippen LogP contribution in [0.15, 0.2) is 24.3 Å². The maximum atomic E-state index is 13.3. The number of Topliss-reactive ketones (excluding diaryl/α,β-unsaturated/α-hetero) is 1. The lowest BCUT2D eigenvalue weighted by Gasteiger charge is -2.32. The molecule has 0 aliphatic rings. The summed E-state index contributed by atoms with van der Waals surface area (Å²) in [5.74, 6) is -4.29. The minimum atomic E-state index is -4.85. The van der Waals surface area contributed by atoms with Crippen LogP contribution >= 0.6 is 0 Å². The summed E-state index contributed by atoms with van der Waals surface area (Å²) in [6.07, 6.45) is -4.85. The molecule has 1 rings (SSSR count). The third-order valence-electron chi connectivity index (χ3n) is 3.59. The Morgan fingerprint density at radius 3 is 2.08 bits per heavy atom. The van der Waals surface area contributed by atoms with E-state index < -0.39 is 53.1 Å². The monoisotopic (exact) mass is 360 g/mol. The van der Waals surface area contributed by atoms with Gasteiger partial charge in [0.1, 0.15) is 0 Å². The summed E-state index contributed by atoms with van der Waals surface area (Å²) in [7, 11) is 0. The molecule has 9 heteroatoms. The molecule has 0 saturated heterocycles. The number of nitrogens with two attached hydrogens (primary N) is 1. The van der Waals surface area contributed by atoms with Crippen molar-refractivity contribution >= 4 is 23.3 Å². The van der Waals surface area contributed by atoms with Gasteiger partial charge in [-0.05, 0) is 25.0 Å². The average Bonchev–Trinajstić information content (AvgIpc) is 2.49. The van der Waals surface area contributed by atoms with Gasteiger partial charge in [0.15, 0.2) is 11.8 Å². The highest BCUT2D eigenvalue weighted by Crippen LogP contribution is 2.37. The number of amides is 1. The normalized spacial score (nSPS) is 14.1. The van der Waals surface area contributed by atoms with E-state index in [4.69, 9.17) is 5.73 Å². The zero-order chi connectivity index (χ0) is 19.5. The number of nitrogens with zero attached hydrogens (tertiary/aromatic N) is 1. The Kier molecular flexibility index (Phi) is 6.31. The molecule has 3 N–H and O–H groups in total. The average molecular weight is 360 g/mol.